The molecule has 2 aromatic carbocycles. The number of carboxylic acid groups (broad SMARTS) is 1. The van der Waals surface area contributed by atoms with E-state index in [-0.39, 0.29) is 31.2 Å². The van der Waals surface area contributed by atoms with E-state index < -0.39 is 38.2 Å². The van der Waals surface area contributed by atoms with E-state index in [1.165, 1.54) is 11.4 Å². The highest BCUT2D eigenvalue weighted by atomic mass is 35.5. The molecular formula is C29H38Cl2N2O5S. The zero-order chi connectivity index (χ0) is 29.3. The Morgan fingerprint density at radius 2 is 1.74 bits per heavy atom. The van der Waals surface area contributed by atoms with Gasteiger partial charge in [0.05, 0.1) is 22.6 Å². The highest BCUT2D eigenvalue weighted by Crippen LogP contribution is 2.52. The topological polar surface area (TPSA) is 95.0 Å². The lowest BCUT2D eigenvalue weighted by Gasteiger charge is -2.52. The number of amides is 1. The summed E-state index contributed by atoms with van der Waals surface area (Å²) in [5, 5.41) is 10.9. The lowest BCUT2D eigenvalue weighted by molar-refractivity contribution is -0.160. The van der Waals surface area contributed by atoms with Crippen LogP contribution in [0.3, 0.4) is 0 Å². The highest BCUT2D eigenvalue weighted by Gasteiger charge is 2.52. The van der Waals surface area contributed by atoms with Crippen molar-refractivity contribution in [3.63, 3.8) is 0 Å². The van der Waals surface area contributed by atoms with E-state index in [0.717, 1.165) is 11.1 Å². The van der Waals surface area contributed by atoms with Crippen molar-refractivity contribution in [1.82, 2.24) is 9.21 Å². The third kappa shape index (κ3) is 6.62. The molecule has 1 heterocycles. The molecule has 0 bridgehead atoms. The van der Waals surface area contributed by atoms with E-state index >= 15 is 0 Å². The van der Waals surface area contributed by atoms with Crippen LogP contribution in [-0.4, -0.2) is 59.0 Å². The Balaban J connectivity index is 2.23. The van der Waals surface area contributed by atoms with Crippen LogP contribution >= 0.6 is 23.2 Å². The van der Waals surface area contributed by atoms with E-state index in [9.17, 15) is 23.1 Å². The van der Waals surface area contributed by atoms with Gasteiger partial charge in [0.15, 0.2) is 0 Å². The van der Waals surface area contributed by atoms with Gasteiger partial charge in [-0.05, 0) is 69.0 Å². The van der Waals surface area contributed by atoms with Gasteiger partial charge in [-0.2, -0.15) is 0 Å². The summed E-state index contributed by atoms with van der Waals surface area (Å²) in [5.41, 5.74) is 0.494. The van der Waals surface area contributed by atoms with Crippen LogP contribution in [0.15, 0.2) is 48.5 Å². The Kier molecular flexibility index (Phi) is 9.48. The molecule has 0 spiro atoms. The number of nitrogens with zero attached hydrogens (tertiary/aromatic N) is 2. The average molecular weight is 598 g/mol. The van der Waals surface area contributed by atoms with Gasteiger partial charge in [0.25, 0.3) is 0 Å². The van der Waals surface area contributed by atoms with Gasteiger partial charge in [-0.15, -0.1) is 0 Å². The number of sulfonamides is 1. The van der Waals surface area contributed by atoms with Gasteiger partial charge in [-0.1, -0.05) is 61.3 Å². The lowest BCUT2D eigenvalue weighted by atomic mass is 9.67. The Labute approximate surface area is 242 Å². The summed E-state index contributed by atoms with van der Waals surface area (Å²) in [6.45, 7) is 8.59. The van der Waals surface area contributed by atoms with Crippen LogP contribution < -0.4 is 0 Å². The van der Waals surface area contributed by atoms with Crippen LogP contribution in [0.4, 0.5) is 0 Å². The molecule has 0 aromatic heterocycles. The molecule has 2 unspecified atom stereocenters. The molecule has 1 aliphatic rings. The molecule has 0 radical (unpaired) electrons. The van der Waals surface area contributed by atoms with Crippen LogP contribution in [0, 0.1) is 5.41 Å². The van der Waals surface area contributed by atoms with Crippen molar-refractivity contribution < 1.29 is 23.1 Å². The fourth-order valence-electron chi connectivity index (χ4n) is 5.56. The normalized spacial score (nSPS) is 23.2. The van der Waals surface area contributed by atoms with Crippen molar-refractivity contribution in [1.29, 1.82) is 0 Å². The Bertz CT molecular complexity index is 1310. The molecule has 1 aliphatic heterocycles. The first kappa shape index (κ1) is 31.4. The van der Waals surface area contributed by atoms with E-state index in [2.05, 4.69) is 0 Å². The van der Waals surface area contributed by atoms with Gasteiger partial charge < -0.3 is 10.0 Å². The maximum absolute atomic E-state index is 14.3. The number of rotatable bonds is 9. The summed E-state index contributed by atoms with van der Waals surface area (Å²) in [6, 6.07) is 13.6. The van der Waals surface area contributed by atoms with Gasteiger partial charge in [-0.3, -0.25) is 9.59 Å². The van der Waals surface area contributed by atoms with Gasteiger partial charge in [0, 0.05) is 35.6 Å². The predicted molar refractivity (Wildman–Crippen MR) is 156 cm³/mol. The van der Waals surface area contributed by atoms with E-state index in [0.29, 0.717) is 16.5 Å². The number of piperidine rings is 1. The second-order valence-electron chi connectivity index (χ2n) is 11.7. The molecule has 39 heavy (non-hydrogen) atoms. The molecule has 0 aliphatic carbocycles. The Morgan fingerprint density at radius 1 is 1.13 bits per heavy atom. The lowest BCUT2D eigenvalue weighted by Crippen LogP contribution is -2.58. The van der Waals surface area contributed by atoms with Crippen molar-refractivity contribution in [2.75, 3.05) is 13.6 Å². The van der Waals surface area contributed by atoms with Crippen LogP contribution in [0.1, 0.15) is 77.0 Å². The summed E-state index contributed by atoms with van der Waals surface area (Å²) in [7, 11) is -2.15. The molecule has 1 saturated heterocycles. The van der Waals surface area contributed by atoms with E-state index in [4.69, 9.17) is 23.2 Å². The van der Waals surface area contributed by atoms with Crippen LogP contribution in [0.2, 0.25) is 10.0 Å². The Morgan fingerprint density at radius 3 is 2.26 bits per heavy atom. The maximum Gasteiger partial charge on any atom is 0.304 e. The molecule has 214 valence electrons. The van der Waals surface area contributed by atoms with Crippen LogP contribution in [0.5, 0.6) is 0 Å². The standard InChI is InChI=1S/C29H38Cl2N2O5S/c1-7-23(18-32(6)39(37,38)28(2,3)4)33-26(19-11-13-21(30)14-12-19)24(20-9-8-10-22(31)15-20)16-29(5,27(33)36)17-25(34)35/h8-15,23-24,26H,7,16-18H2,1-6H3,(H,34,35)/t23?,24?,26-,29-/m1/s1. The van der Waals surface area contributed by atoms with Crippen LogP contribution in [-0.2, 0) is 19.6 Å². The van der Waals surface area contributed by atoms with Crippen molar-refractivity contribution in [2.24, 2.45) is 5.41 Å². The molecule has 1 N–H and O–H groups in total. The molecule has 3 rings (SSSR count). The first-order chi connectivity index (χ1) is 18.0. The minimum atomic E-state index is -3.68. The zero-order valence-electron chi connectivity index (χ0n) is 23.3. The third-order valence-corrected chi connectivity index (χ3v) is 10.7. The molecule has 10 heteroatoms. The molecule has 0 saturated carbocycles. The van der Waals surface area contributed by atoms with Crippen molar-refractivity contribution >= 4 is 45.1 Å². The highest BCUT2D eigenvalue weighted by molar-refractivity contribution is 7.90. The fraction of sp³-hybridized carbons (Fsp3) is 0.517. The number of carboxylic acids is 1. The van der Waals surface area contributed by atoms with Gasteiger partial charge in [0.2, 0.25) is 15.9 Å². The van der Waals surface area contributed by atoms with Gasteiger partial charge >= 0.3 is 5.97 Å². The third-order valence-electron chi connectivity index (χ3n) is 7.65. The quantitative estimate of drug-likeness (QED) is 0.363. The number of likely N-dealkylation sites (tertiary alicyclic amines) is 1. The second kappa shape index (κ2) is 11.8. The number of carbonyl (C=O) groups excluding carboxylic acids is 1. The number of hydrogen-bond donors (Lipinski definition) is 1. The molecular weight excluding hydrogens is 559 g/mol. The maximum atomic E-state index is 14.3. The summed E-state index contributed by atoms with van der Waals surface area (Å²) >= 11 is 12.6. The number of halogens is 2. The second-order valence-corrected chi connectivity index (χ2v) is 15.3. The monoisotopic (exact) mass is 596 g/mol. The summed E-state index contributed by atoms with van der Waals surface area (Å²) in [6.07, 6.45) is 0.402. The Hall–Kier alpha value is -2.13. The molecule has 7 nitrogen and oxygen atoms in total. The molecule has 1 fully saturated rings. The zero-order valence-corrected chi connectivity index (χ0v) is 25.6. The first-order valence-corrected chi connectivity index (χ1v) is 15.2. The number of likely N-dealkylation sites (N-methyl/N-ethyl adjacent to an activating group) is 1. The largest absolute Gasteiger partial charge is 0.481 e. The average Bonchev–Trinajstić information content (AvgIpc) is 2.83. The van der Waals surface area contributed by atoms with Gasteiger partial charge in [0.1, 0.15) is 0 Å². The minimum absolute atomic E-state index is 0.0668. The fourth-order valence-corrected chi connectivity index (χ4v) is 7.19. The number of hydrogen-bond acceptors (Lipinski definition) is 4. The van der Waals surface area contributed by atoms with Crippen molar-refractivity contribution in [3.05, 3.63) is 69.7 Å². The van der Waals surface area contributed by atoms with Gasteiger partial charge in [-0.25, -0.2) is 12.7 Å². The first-order valence-electron chi connectivity index (χ1n) is 13.0. The number of benzene rings is 2. The molecule has 4 atom stereocenters. The van der Waals surface area contributed by atoms with E-state index in [1.54, 1.807) is 50.8 Å². The molecule has 2 aromatic rings. The predicted octanol–water partition coefficient (Wildman–Crippen LogP) is 6.37. The van der Waals surface area contributed by atoms with Crippen molar-refractivity contribution in [3.8, 4) is 0 Å². The molecule has 1 amide bonds. The summed E-state index contributed by atoms with van der Waals surface area (Å²) in [4.78, 5) is 28.1. The van der Waals surface area contributed by atoms with Crippen LogP contribution in [0.25, 0.3) is 0 Å². The van der Waals surface area contributed by atoms with Crippen molar-refractivity contribution in [2.45, 2.75) is 76.6 Å². The minimum Gasteiger partial charge on any atom is -0.481 e. The SMILES string of the molecule is CCC(CN(C)S(=O)(=O)C(C)(C)C)N1C(=O)[C@@](C)(CC(=O)O)CC(c2cccc(Cl)c2)[C@H]1c1ccc(Cl)cc1. The number of carbonyl (C=O) groups is 2. The number of aliphatic carboxylic acids is 1. The summed E-state index contributed by atoms with van der Waals surface area (Å²) in [5.74, 6) is -1.68. The smallest absolute Gasteiger partial charge is 0.304 e. The summed E-state index contributed by atoms with van der Waals surface area (Å²) < 4.78 is 26.8. The van der Waals surface area contributed by atoms with E-state index in [1.807, 2.05) is 37.3 Å².